The highest BCUT2D eigenvalue weighted by atomic mass is 16.2. The zero-order chi connectivity index (χ0) is 14.2. The van der Waals surface area contributed by atoms with Crippen LogP contribution in [0.3, 0.4) is 0 Å². The molecule has 0 aromatic heterocycles. The lowest BCUT2D eigenvalue weighted by molar-refractivity contribution is -0.153. The van der Waals surface area contributed by atoms with Gasteiger partial charge in [0.05, 0.1) is 0 Å². The summed E-state index contributed by atoms with van der Waals surface area (Å²) in [5.41, 5.74) is -1.06. The van der Waals surface area contributed by atoms with Crippen molar-refractivity contribution in [3.05, 3.63) is 0 Å². The number of urea groups is 1. The zero-order valence-corrected chi connectivity index (χ0v) is 11.9. The molecule has 1 aliphatic carbocycles. The number of rotatable bonds is 5. The molecular weight excluding hydrogens is 244 g/mol. The number of nitrogens with one attached hydrogen (secondary N) is 1. The maximum absolute atomic E-state index is 12.6. The molecule has 4 amide bonds. The summed E-state index contributed by atoms with van der Waals surface area (Å²) in [5, 5.41) is 2.35. The minimum atomic E-state index is -1.06. The van der Waals surface area contributed by atoms with Gasteiger partial charge in [-0.2, -0.15) is 0 Å². The third-order valence-electron chi connectivity index (χ3n) is 4.52. The summed E-state index contributed by atoms with van der Waals surface area (Å²) in [5.74, 6) is -0.132. The second kappa shape index (κ2) is 4.94. The van der Waals surface area contributed by atoms with Crippen LogP contribution in [-0.4, -0.2) is 28.8 Å². The Hall–Kier alpha value is -1.39. The van der Waals surface area contributed by atoms with Crippen molar-refractivity contribution in [2.24, 2.45) is 11.3 Å². The first-order chi connectivity index (χ1) is 8.96. The van der Waals surface area contributed by atoms with Gasteiger partial charge >= 0.3 is 6.03 Å². The molecule has 1 saturated carbocycles. The van der Waals surface area contributed by atoms with Crippen molar-refractivity contribution in [2.45, 2.75) is 58.9 Å². The van der Waals surface area contributed by atoms with Crippen LogP contribution in [0.4, 0.5) is 4.79 Å². The molecule has 0 aromatic rings. The minimum Gasteiger partial charge on any atom is -0.277 e. The fourth-order valence-corrected chi connectivity index (χ4v) is 2.91. The van der Waals surface area contributed by atoms with Crippen molar-refractivity contribution in [3.8, 4) is 0 Å². The van der Waals surface area contributed by atoms with Gasteiger partial charge in [0.25, 0.3) is 0 Å². The van der Waals surface area contributed by atoms with Gasteiger partial charge in [0.2, 0.25) is 11.8 Å². The molecule has 2 fully saturated rings. The third-order valence-corrected chi connectivity index (χ3v) is 4.52. The number of barbiturate groups is 1. The number of amides is 4. The van der Waals surface area contributed by atoms with E-state index in [1.165, 1.54) is 17.7 Å². The fraction of sp³-hybridized carbons (Fsp3) is 0.786. The molecule has 0 radical (unpaired) electrons. The SMILES string of the molecule is CCC1(CC)C(=O)NC(=O)N(C(C)CC2CC2)C1=O. The van der Waals surface area contributed by atoms with Gasteiger partial charge in [-0.1, -0.05) is 26.7 Å². The van der Waals surface area contributed by atoms with Crippen molar-refractivity contribution in [3.63, 3.8) is 0 Å². The molecule has 19 heavy (non-hydrogen) atoms. The lowest BCUT2D eigenvalue weighted by atomic mass is 9.78. The molecule has 0 aromatic carbocycles. The van der Waals surface area contributed by atoms with Crippen molar-refractivity contribution in [1.82, 2.24) is 10.2 Å². The molecule has 1 heterocycles. The standard InChI is InChI=1S/C14H22N2O3/c1-4-14(5-2)11(17)15-13(19)16(12(14)18)9(3)8-10-6-7-10/h9-10H,4-8H2,1-3H3,(H,15,17,19). The lowest BCUT2D eigenvalue weighted by Crippen LogP contribution is -2.65. The van der Waals surface area contributed by atoms with E-state index >= 15 is 0 Å². The van der Waals surface area contributed by atoms with Crippen LogP contribution in [0.1, 0.15) is 52.9 Å². The van der Waals surface area contributed by atoms with Crippen LogP contribution in [0.2, 0.25) is 0 Å². The van der Waals surface area contributed by atoms with E-state index in [9.17, 15) is 14.4 Å². The van der Waals surface area contributed by atoms with E-state index in [4.69, 9.17) is 0 Å². The first-order valence-electron chi connectivity index (χ1n) is 7.15. The Morgan fingerprint density at radius 2 is 1.84 bits per heavy atom. The number of carbonyl (C=O) groups is 3. The molecule has 0 bridgehead atoms. The highest BCUT2D eigenvalue weighted by Crippen LogP contribution is 2.38. The van der Waals surface area contributed by atoms with Crippen LogP contribution in [0, 0.1) is 11.3 Å². The molecular formula is C14H22N2O3. The predicted molar refractivity (Wildman–Crippen MR) is 70.2 cm³/mol. The van der Waals surface area contributed by atoms with Gasteiger partial charge in [-0.3, -0.25) is 19.8 Å². The van der Waals surface area contributed by atoms with E-state index in [0.717, 1.165) is 6.42 Å². The second-order valence-electron chi connectivity index (χ2n) is 5.75. The lowest BCUT2D eigenvalue weighted by Gasteiger charge is -2.40. The topological polar surface area (TPSA) is 66.5 Å². The van der Waals surface area contributed by atoms with Gasteiger partial charge in [-0.05, 0) is 32.1 Å². The summed E-state index contributed by atoms with van der Waals surface area (Å²) >= 11 is 0. The molecule has 106 valence electrons. The number of hydrogen-bond donors (Lipinski definition) is 1. The van der Waals surface area contributed by atoms with Crippen LogP contribution < -0.4 is 5.32 Å². The van der Waals surface area contributed by atoms with Crippen molar-refractivity contribution in [1.29, 1.82) is 0 Å². The van der Waals surface area contributed by atoms with Gasteiger partial charge in [-0.25, -0.2) is 4.79 Å². The number of carbonyl (C=O) groups excluding carboxylic acids is 3. The van der Waals surface area contributed by atoms with Gasteiger partial charge in [-0.15, -0.1) is 0 Å². The number of nitrogens with zero attached hydrogens (tertiary/aromatic N) is 1. The molecule has 1 atom stereocenters. The quantitative estimate of drug-likeness (QED) is 0.774. The Bertz CT molecular complexity index is 411. The van der Waals surface area contributed by atoms with Crippen LogP contribution in [0.15, 0.2) is 0 Å². The van der Waals surface area contributed by atoms with Crippen LogP contribution >= 0.6 is 0 Å². The Kier molecular flexibility index (Phi) is 3.65. The minimum absolute atomic E-state index is 0.134. The molecule has 1 N–H and O–H groups in total. The van der Waals surface area contributed by atoms with Crippen molar-refractivity contribution < 1.29 is 14.4 Å². The third kappa shape index (κ3) is 2.26. The average Bonchev–Trinajstić information content (AvgIpc) is 3.14. The zero-order valence-electron chi connectivity index (χ0n) is 11.9. The molecule has 5 nitrogen and oxygen atoms in total. The van der Waals surface area contributed by atoms with Crippen molar-refractivity contribution >= 4 is 17.8 Å². The Balaban J connectivity index is 2.24. The van der Waals surface area contributed by atoms with Gasteiger partial charge in [0.15, 0.2) is 0 Å². The van der Waals surface area contributed by atoms with Crippen LogP contribution in [-0.2, 0) is 9.59 Å². The largest absolute Gasteiger partial charge is 0.331 e. The summed E-state index contributed by atoms with van der Waals surface area (Å²) in [6.07, 6.45) is 4.05. The summed E-state index contributed by atoms with van der Waals surface area (Å²) in [6, 6.07) is -0.689. The average molecular weight is 266 g/mol. The Morgan fingerprint density at radius 1 is 1.26 bits per heavy atom. The van der Waals surface area contributed by atoms with Crippen LogP contribution in [0.25, 0.3) is 0 Å². The smallest absolute Gasteiger partial charge is 0.277 e. The molecule has 0 spiro atoms. The summed E-state index contributed by atoms with van der Waals surface area (Å²) in [4.78, 5) is 37.9. The molecule has 1 unspecified atom stereocenters. The van der Waals surface area contributed by atoms with Gasteiger partial charge in [0.1, 0.15) is 5.41 Å². The van der Waals surface area contributed by atoms with Gasteiger partial charge in [0, 0.05) is 6.04 Å². The maximum Gasteiger partial charge on any atom is 0.331 e. The van der Waals surface area contributed by atoms with E-state index in [2.05, 4.69) is 5.32 Å². The first kappa shape index (κ1) is 14.0. The maximum atomic E-state index is 12.6. The normalized spacial score (nSPS) is 24.4. The Morgan fingerprint density at radius 3 is 2.32 bits per heavy atom. The molecule has 5 heteroatoms. The number of imide groups is 2. The molecule has 1 aliphatic heterocycles. The monoisotopic (exact) mass is 266 g/mol. The highest BCUT2D eigenvalue weighted by molar-refractivity contribution is 6.19. The second-order valence-corrected chi connectivity index (χ2v) is 5.75. The molecule has 2 aliphatic rings. The first-order valence-corrected chi connectivity index (χ1v) is 7.15. The highest BCUT2D eigenvalue weighted by Gasteiger charge is 2.52. The molecule has 1 saturated heterocycles. The summed E-state index contributed by atoms with van der Waals surface area (Å²) in [6.45, 7) is 5.53. The van der Waals surface area contributed by atoms with E-state index in [1.54, 1.807) is 0 Å². The van der Waals surface area contributed by atoms with E-state index in [1.807, 2.05) is 20.8 Å². The van der Waals surface area contributed by atoms with E-state index < -0.39 is 17.4 Å². The fourth-order valence-electron chi connectivity index (χ4n) is 2.91. The summed E-state index contributed by atoms with van der Waals surface area (Å²) in [7, 11) is 0. The van der Waals surface area contributed by atoms with E-state index in [-0.39, 0.29) is 11.9 Å². The Labute approximate surface area is 113 Å². The molecule has 2 rings (SSSR count). The van der Waals surface area contributed by atoms with Crippen LogP contribution in [0.5, 0.6) is 0 Å². The number of hydrogen-bond acceptors (Lipinski definition) is 3. The van der Waals surface area contributed by atoms with E-state index in [0.29, 0.717) is 18.8 Å². The predicted octanol–water partition coefficient (Wildman–Crippen LogP) is 2.06. The van der Waals surface area contributed by atoms with Gasteiger partial charge < -0.3 is 0 Å². The summed E-state index contributed by atoms with van der Waals surface area (Å²) < 4.78 is 0. The van der Waals surface area contributed by atoms with Crippen molar-refractivity contribution in [2.75, 3.05) is 0 Å².